The van der Waals surface area contributed by atoms with Crippen LogP contribution in [0.2, 0.25) is 0 Å². The lowest BCUT2D eigenvalue weighted by Crippen LogP contribution is -2.25. The van der Waals surface area contributed by atoms with Crippen molar-refractivity contribution in [2.75, 3.05) is 11.1 Å². The summed E-state index contributed by atoms with van der Waals surface area (Å²) >= 11 is 0. The van der Waals surface area contributed by atoms with E-state index in [2.05, 4.69) is 15.3 Å². The number of nitrogen functional groups attached to an aromatic ring is 1. The smallest absolute Gasteiger partial charge is 0.383 e. The Morgan fingerprint density at radius 3 is 2.44 bits per heavy atom. The van der Waals surface area contributed by atoms with E-state index in [1.165, 1.54) is 6.92 Å². The van der Waals surface area contributed by atoms with Crippen molar-refractivity contribution in [1.29, 1.82) is 0 Å². The molecule has 0 aliphatic heterocycles. The molecule has 0 radical (unpaired) electrons. The summed E-state index contributed by atoms with van der Waals surface area (Å²) in [7, 11) is 0. The Hall–Kier alpha value is -1.53. The molecule has 0 spiro atoms. The van der Waals surface area contributed by atoms with Crippen LogP contribution in [0.4, 0.5) is 24.8 Å². The third-order valence-electron chi connectivity index (χ3n) is 2.47. The Balaban J connectivity index is 2.87. The molecule has 0 aromatic carbocycles. The Kier molecular flexibility index (Phi) is 4.37. The predicted octanol–water partition coefficient (Wildman–Crippen LogP) is 2.68. The van der Waals surface area contributed by atoms with E-state index in [4.69, 9.17) is 5.73 Å². The van der Waals surface area contributed by atoms with Gasteiger partial charge in [-0.3, -0.25) is 0 Å². The monoisotopic (exact) mass is 262 g/mol. The van der Waals surface area contributed by atoms with Crippen LogP contribution in [0.1, 0.15) is 31.7 Å². The van der Waals surface area contributed by atoms with Crippen molar-refractivity contribution >= 4 is 11.6 Å². The summed E-state index contributed by atoms with van der Waals surface area (Å²) in [5.74, 6) is 1.18. The van der Waals surface area contributed by atoms with Gasteiger partial charge in [-0.1, -0.05) is 6.92 Å². The fraction of sp³-hybridized carbons (Fsp3) is 0.636. The number of anilines is 2. The largest absolute Gasteiger partial charge is 0.391 e. The van der Waals surface area contributed by atoms with E-state index < -0.39 is 18.6 Å². The number of alkyl halides is 3. The number of nitrogens with zero attached hydrogens (tertiary/aromatic N) is 2. The molecule has 102 valence electrons. The van der Waals surface area contributed by atoms with E-state index in [0.717, 1.165) is 0 Å². The van der Waals surface area contributed by atoms with E-state index >= 15 is 0 Å². The molecule has 4 nitrogen and oxygen atoms in total. The van der Waals surface area contributed by atoms with Crippen molar-refractivity contribution in [3.05, 3.63) is 11.4 Å². The van der Waals surface area contributed by atoms with E-state index in [0.29, 0.717) is 29.4 Å². The number of aryl methyl sites for hydroxylation is 1. The molecule has 0 fully saturated rings. The zero-order chi connectivity index (χ0) is 13.9. The molecule has 0 aliphatic rings. The van der Waals surface area contributed by atoms with Crippen molar-refractivity contribution in [2.24, 2.45) is 0 Å². The van der Waals surface area contributed by atoms with Gasteiger partial charge in [-0.25, -0.2) is 9.97 Å². The molecular weight excluding hydrogens is 245 g/mol. The molecule has 7 heteroatoms. The third kappa shape index (κ3) is 4.05. The topological polar surface area (TPSA) is 63.8 Å². The van der Waals surface area contributed by atoms with Crippen molar-refractivity contribution in [2.45, 2.75) is 45.8 Å². The normalized spacial score (nSPS) is 13.4. The average molecular weight is 262 g/mol. The van der Waals surface area contributed by atoms with Crippen LogP contribution in [0.5, 0.6) is 0 Å². The molecule has 1 aromatic rings. The van der Waals surface area contributed by atoms with E-state index in [1.807, 2.05) is 6.92 Å². The van der Waals surface area contributed by atoms with Crippen LogP contribution in [0, 0.1) is 6.92 Å². The van der Waals surface area contributed by atoms with Gasteiger partial charge < -0.3 is 11.1 Å². The van der Waals surface area contributed by atoms with Crippen LogP contribution in [-0.2, 0) is 6.42 Å². The molecule has 0 saturated heterocycles. The van der Waals surface area contributed by atoms with Gasteiger partial charge in [0.25, 0.3) is 0 Å². The highest BCUT2D eigenvalue weighted by Crippen LogP contribution is 2.24. The van der Waals surface area contributed by atoms with Crippen LogP contribution in [0.25, 0.3) is 0 Å². The highest BCUT2D eigenvalue weighted by Gasteiger charge is 2.30. The molecule has 0 bridgehead atoms. The van der Waals surface area contributed by atoms with Crippen molar-refractivity contribution < 1.29 is 13.2 Å². The number of rotatable bonds is 4. The maximum absolute atomic E-state index is 12.2. The second-order valence-electron chi connectivity index (χ2n) is 4.22. The Morgan fingerprint density at radius 2 is 1.94 bits per heavy atom. The molecule has 1 heterocycles. The summed E-state index contributed by atoms with van der Waals surface area (Å²) in [4.78, 5) is 8.19. The molecule has 1 unspecified atom stereocenters. The number of nitrogens with one attached hydrogen (secondary N) is 1. The molecule has 0 amide bonds. The maximum Gasteiger partial charge on any atom is 0.391 e. The first-order valence-electron chi connectivity index (χ1n) is 5.69. The summed E-state index contributed by atoms with van der Waals surface area (Å²) in [5, 5.41) is 2.73. The molecule has 1 aromatic heterocycles. The molecule has 1 rings (SSSR count). The SMILES string of the molecule is CCc1nc(N)c(C)c(NC(C)CC(F)(F)F)n1. The zero-order valence-electron chi connectivity index (χ0n) is 10.6. The molecule has 1 atom stereocenters. The molecule has 18 heavy (non-hydrogen) atoms. The lowest BCUT2D eigenvalue weighted by Gasteiger charge is -2.18. The van der Waals surface area contributed by atoms with E-state index in [-0.39, 0.29) is 0 Å². The average Bonchev–Trinajstić information content (AvgIpc) is 2.21. The number of halogens is 3. The first-order chi connectivity index (χ1) is 8.23. The molecule has 0 aliphatic carbocycles. The van der Waals surface area contributed by atoms with E-state index in [1.54, 1.807) is 6.92 Å². The van der Waals surface area contributed by atoms with Crippen molar-refractivity contribution in [3.8, 4) is 0 Å². The molecule has 0 saturated carbocycles. The maximum atomic E-state index is 12.2. The number of nitrogens with two attached hydrogens (primary N) is 1. The van der Waals surface area contributed by atoms with Gasteiger partial charge in [0.2, 0.25) is 0 Å². The predicted molar refractivity (Wildman–Crippen MR) is 64.3 cm³/mol. The van der Waals surface area contributed by atoms with Crippen LogP contribution in [-0.4, -0.2) is 22.2 Å². The van der Waals surface area contributed by atoms with Gasteiger partial charge in [-0.2, -0.15) is 13.2 Å². The van der Waals surface area contributed by atoms with Gasteiger partial charge in [-0.15, -0.1) is 0 Å². The highest BCUT2D eigenvalue weighted by molar-refractivity contribution is 5.55. The molecule has 3 N–H and O–H groups in total. The quantitative estimate of drug-likeness (QED) is 0.875. The van der Waals surface area contributed by atoms with Crippen molar-refractivity contribution in [1.82, 2.24) is 9.97 Å². The van der Waals surface area contributed by atoms with Crippen LogP contribution >= 0.6 is 0 Å². The summed E-state index contributed by atoms with van der Waals surface area (Å²) in [6.45, 7) is 4.99. The number of aromatic nitrogens is 2. The summed E-state index contributed by atoms with van der Waals surface area (Å²) < 4.78 is 36.7. The Bertz CT molecular complexity index is 417. The summed E-state index contributed by atoms with van der Waals surface area (Å²) in [5.41, 5.74) is 6.26. The van der Waals surface area contributed by atoms with Crippen LogP contribution in [0.3, 0.4) is 0 Å². The zero-order valence-corrected chi connectivity index (χ0v) is 10.6. The summed E-state index contributed by atoms with van der Waals surface area (Å²) in [6, 6.07) is -0.761. The van der Waals surface area contributed by atoms with E-state index in [9.17, 15) is 13.2 Å². The lowest BCUT2D eigenvalue weighted by atomic mass is 10.2. The minimum absolute atomic E-state index is 0.295. The minimum Gasteiger partial charge on any atom is -0.383 e. The van der Waals surface area contributed by atoms with Crippen LogP contribution < -0.4 is 11.1 Å². The Morgan fingerprint density at radius 1 is 1.33 bits per heavy atom. The first-order valence-corrected chi connectivity index (χ1v) is 5.69. The fourth-order valence-electron chi connectivity index (χ4n) is 1.51. The van der Waals surface area contributed by atoms with Gasteiger partial charge in [0.15, 0.2) is 0 Å². The minimum atomic E-state index is -4.20. The second-order valence-corrected chi connectivity index (χ2v) is 4.22. The summed E-state index contributed by atoms with van der Waals surface area (Å²) in [6.07, 6.45) is -4.54. The van der Waals surface area contributed by atoms with Gasteiger partial charge >= 0.3 is 6.18 Å². The van der Waals surface area contributed by atoms with Gasteiger partial charge in [0.05, 0.1) is 6.42 Å². The van der Waals surface area contributed by atoms with Crippen molar-refractivity contribution in [3.63, 3.8) is 0 Å². The standard InChI is InChI=1S/C11H17F3N4/c1-4-8-17-9(15)7(3)10(18-8)16-6(2)5-11(12,13)14/h6H,4-5H2,1-3H3,(H3,15,16,17,18). The van der Waals surface area contributed by atoms with Crippen LogP contribution in [0.15, 0.2) is 0 Å². The second kappa shape index (κ2) is 5.41. The lowest BCUT2D eigenvalue weighted by molar-refractivity contribution is -0.136. The highest BCUT2D eigenvalue weighted by atomic mass is 19.4. The fourth-order valence-corrected chi connectivity index (χ4v) is 1.51. The third-order valence-corrected chi connectivity index (χ3v) is 2.47. The number of hydrogen-bond donors (Lipinski definition) is 2. The Labute approximate surface area is 104 Å². The van der Waals surface area contributed by atoms with Gasteiger partial charge in [0.1, 0.15) is 17.5 Å². The first kappa shape index (κ1) is 14.5. The molecular formula is C11H17F3N4. The van der Waals surface area contributed by atoms with Gasteiger partial charge in [-0.05, 0) is 13.8 Å². The number of hydrogen-bond acceptors (Lipinski definition) is 4. The van der Waals surface area contributed by atoms with Gasteiger partial charge in [0, 0.05) is 18.0 Å².